The summed E-state index contributed by atoms with van der Waals surface area (Å²) in [5.74, 6) is -0.369. The lowest BCUT2D eigenvalue weighted by Gasteiger charge is -2.25. The van der Waals surface area contributed by atoms with Crippen LogP contribution in [0.2, 0.25) is 0 Å². The average Bonchev–Trinajstić information content (AvgIpc) is 3.20. The minimum absolute atomic E-state index is 0.208. The summed E-state index contributed by atoms with van der Waals surface area (Å²) in [5.41, 5.74) is 1.64. The van der Waals surface area contributed by atoms with Crippen LogP contribution >= 0.6 is 11.3 Å². The number of fused-ring (bicyclic) bond motifs is 2. The van der Waals surface area contributed by atoms with Crippen LogP contribution < -0.4 is 5.32 Å². The molecule has 2 aromatic carbocycles. The van der Waals surface area contributed by atoms with E-state index in [1.165, 1.54) is 15.6 Å². The molecule has 0 saturated carbocycles. The number of rotatable bonds is 4. The lowest BCUT2D eigenvalue weighted by Crippen LogP contribution is -2.40. The highest BCUT2D eigenvalue weighted by Gasteiger charge is 2.26. The summed E-state index contributed by atoms with van der Waals surface area (Å²) in [6.45, 7) is 1.45. The van der Waals surface area contributed by atoms with E-state index in [1.807, 2.05) is 30.3 Å². The number of pyridine rings is 1. The number of carbonyl (C=O) groups is 1. The number of thiazole rings is 1. The second kappa shape index (κ2) is 7.97. The van der Waals surface area contributed by atoms with Crippen LogP contribution in [0.25, 0.3) is 21.1 Å². The van der Waals surface area contributed by atoms with Gasteiger partial charge in [0.2, 0.25) is 10.0 Å². The van der Waals surface area contributed by atoms with Crippen LogP contribution in [0, 0.1) is 0 Å². The normalized spacial score (nSPS) is 15.4. The summed E-state index contributed by atoms with van der Waals surface area (Å²) in [7, 11) is -3.60. The molecule has 4 aromatic rings. The Hall–Kier alpha value is -2.92. The molecule has 31 heavy (non-hydrogen) atoms. The van der Waals surface area contributed by atoms with E-state index < -0.39 is 10.0 Å². The van der Waals surface area contributed by atoms with Gasteiger partial charge in [-0.15, -0.1) is 0 Å². The standard InChI is InChI=1S/C21H18N4O4S2/c26-20(18-7-5-14-3-1-2-4-16(14)22-18)24-21-23-17-8-6-15(13-19(17)30-21)31(27,28)25-9-11-29-12-10-25/h1-8,13H,9-12H2,(H,23,24,26). The third kappa shape index (κ3) is 3.90. The Kier molecular flexibility index (Phi) is 5.14. The van der Waals surface area contributed by atoms with Crippen LogP contribution in [0.15, 0.2) is 59.5 Å². The lowest BCUT2D eigenvalue weighted by atomic mass is 10.2. The first-order valence-corrected chi connectivity index (χ1v) is 11.9. The third-order valence-electron chi connectivity index (χ3n) is 5.02. The molecule has 1 N–H and O–H groups in total. The first-order valence-electron chi connectivity index (χ1n) is 9.66. The summed E-state index contributed by atoms with van der Waals surface area (Å²) < 4.78 is 33.1. The molecular formula is C21H18N4O4S2. The van der Waals surface area contributed by atoms with Gasteiger partial charge in [0.05, 0.1) is 33.8 Å². The molecule has 10 heteroatoms. The van der Waals surface area contributed by atoms with E-state index in [0.29, 0.717) is 41.7 Å². The van der Waals surface area contributed by atoms with Crippen LogP contribution in [0.3, 0.4) is 0 Å². The van der Waals surface area contributed by atoms with Gasteiger partial charge in [-0.3, -0.25) is 10.1 Å². The van der Waals surface area contributed by atoms with E-state index in [-0.39, 0.29) is 16.5 Å². The number of ether oxygens (including phenoxy) is 1. The quantitative estimate of drug-likeness (QED) is 0.508. The Labute approximate surface area is 182 Å². The summed E-state index contributed by atoms with van der Waals surface area (Å²) in [6.07, 6.45) is 0. The van der Waals surface area contributed by atoms with Crippen LogP contribution in [0.1, 0.15) is 10.5 Å². The number of para-hydroxylation sites is 1. The summed E-state index contributed by atoms with van der Waals surface area (Å²) in [6, 6.07) is 15.9. The highest BCUT2D eigenvalue weighted by Crippen LogP contribution is 2.29. The molecule has 5 rings (SSSR count). The smallest absolute Gasteiger partial charge is 0.276 e. The first-order chi connectivity index (χ1) is 15.0. The number of anilines is 1. The number of hydrogen-bond donors (Lipinski definition) is 1. The summed E-state index contributed by atoms with van der Waals surface area (Å²) >= 11 is 1.22. The predicted octanol–water partition coefficient (Wildman–Crippen LogP) is 3.12. The molecule has 0 unspecified atom stereocenters. The van der Waals surface area contributed by atoms with Gasteiger partial charge in [-0.2, -0.15) is 4.31 Å². The minimum Gasteiger partial charge on any atom is -0.379 e. The van der Waals surface area contributed by atoms with Gasteiger partial charge in [0.25, 0.3) is 5.91 Å². The molecule has 158 valence electrons. The second-order valence-electron chi connectivity index (χ2n) is 7.01. The van der Waals surface area contributed by atoms with Crippen LogP contribution in [-0.2, 0) is 14.8 Å². The van der Waals surface area contributed by atoms with Crippen molar-refractivity contribution in [1.29, 1.82) is 0 Å². The van der Waals surface area contributed by atoms with E-state index in [4.69, 9.17) is 4.74 Å². The van der Waals surface area contributed by atoms with Crippen molar-refractivity contribution < 1.29 is 17.9 Å². The number of morpholine rings is 1. The number of aromatic nitrogens is 2. The van der Waals surface area contributed by atoms with E-state index in [2.05, 4.69) is 15.3 Å². The molecule has 0 radical (unpaired) electrons. The molecule has 1 saturated heterocycles. The topological polar surface area (TPSA) is 101 Å². The molecule has 0 aliphatic carbocycles. The highest BCUT2D eigenvalue weighted by atomic mass is 32.2. The number of nitrogens with one attached hydrogen (secondary N) is 1. The fourth-order valence-corrected chi connectivity index (χ4v) is 5.82. The van der Waals surface area contributed by atoms with Gasteiger partial charge in [-0.05, 0) is 30.3 Å². The molecule has 1 aliphatic heterocycles. The third-order valence-corrected chi connectivity index (χ3v) is 7.85. The second-order valence-corrected chi connectivity index (χ2v) is 9.98. The summed E-state index contributed by atoms with van der Waals surface area (Å²) in [4.78, 5) is 21.7. The van der Waals surface area contributed by atoms with Crippen molar-refractivity contribution >= 4 is 53.5 Å². The number of amides is 1. The minimum atomic E-state index is -3.60. The molecule has 0 atom stereocenters. The van der Waals surface area contributed by atoms with Gasteiger partial charge in [-0.1, -0.05) is 35.6 Å². The van der Waals surface area contributed by atoms with E-state index in [1.54, 1.807) is 24.3 Å². The molecule has 0 bridgehead atoms. The van der Waals surface area contributed by atoms with Gasteiger partial charge >= 0.3 is 0 Å². The van der Waals surface area contributed by atoms with Crippen molar-refractivity contribution in [3.8, 4) is 0 Å². The fourth-order valence-electron chi connectivity index (χ4n) is 3.41. The van der Waals surface area contributed by atoms with Gasteiger partial charge < -0.3 is 4.74 Å². The Bertz CT molecular complexity index is 1400. The van der Waals surface area contributed by atoms with Crippen molar-refractivity contribution in [3.05, 3.63) is 60.3 Å². The molecule has 8 nitrogen and oxygen atoms in total. The van der Waals surface area contributed by atoms with Gasteiger partial charge in [-0.25, -0.2) is 18.4 Å². The van der Waals surface area contributed by atoms with E-state index in [0.717, 1.165) is 10.9 Å². The Balaban J connectivity index is 1.40. The maximum absolute atomic E-state index is 12.9. The van der Waals surface area contributed by atoms with Crippen molar-refractivity contribution in [1.82, 2.24) is 14.3 Å². The molecule has 1 fully saturated rings. The maximum Gasteiger partial charge on any atom is 0.276 e. The predicted molar refractivity (Wildman–Crippen MR) is 119 cm³/mol. The average molecular weight is 455 g/mol. The van der Waals surface area contributed by atoms with Crippen LogP contribution in [0.4, 0.5) is 5.13 Å². The zero-order valence-electron chi connectivity index (χ0n) is 16.3. The van der Waals surface area contributed by atoms with Gasteiger partial charge in [0.15, 0.2) is 5.13 Å². The Morgan fingerprint density at radius 1 is 1.00 bits per heavy atom. The first kappa shape index (κ1) is 20.0. The lowest BCUT2D eigenvalue weighted by molar-refractivity contribution is 0.0730. The fraction of sp³-hybridized carbons (Fsp3) is 0.190. The van der Waals surface area contributed by atoms with E-state index in [9.17, 15) is 13.2 Å². The highest BCUT2D eigenvalue weighted by molar-refractivity contribution is 7.89. The molecular weight excluding hydrogens is 436 g/mol. The molecule has 2 aromatic heterocycles. The van der Waals surface area contributed by atoms with E-state index >= 15 is 0 Å². The number of hydrogen-bond acceptors (Lipinski definition) is 7. The van der Waals surface area contributed by atoms with Crippen molar-refractivity contribution in [3.63, 3.8) is 0 Å². The molecule has 0 spiro atoms. The SMILES string of the molecule is O=C(Nc1nc2ccc(S(=O)(=O)N3CCOCC3)cc2s1)c1ccc2ccccc2n1. The number of sulfonamides is 1. The van der Waals surface area contributed by atoms with Crippen molar-refractivity contribution in [2.24, 2.45) is 0 Å². The van der Waals surface area contributed by atoms with Gasteiger partial charge in [0, 0.05) is 18.5 Å². The van der Waals surface area contributed by atoms with Crippen molar-refractivity contribution in [2.75, 3.05) is 31.6 Å². The van der Waals surface area contributed by atoms with Crippen LogP contribution in [0.5, 0.6) is 0 Å². The monoisotopic (exact) mass is 454 g/mol. The number of carbonyl (C=O) groups excluding carboxylic acids is 1. The Morgan fingerprint density at radius 2 is 1.81 bits per heavy atom. The van der Waals surface area contributed by atoms with Crippen molar-refractivity contribution in [2.45, 2.75) is 4.90 Å². The largest absolute Gasteiger partial charge is 0.379 e. The number of benzene rings is 2. The zero-order chi connectivity index (χ0) is 21.4. The molecule has 1 aliphatic rings. The van der Waals surface area contributed by atoms with Gasteiger partial charge in [0.1, 0.15) is 5.69 Å². The molecule has 3 heterocycles. The summed E-state index contributed by atoms with van der Waals surface area (Å²) in [5, 5.41) is 4.10. The van der Waals surface area contributed by atoms with Crippen LogP contribution in [-0.4, -0.2) is 54.9 Å². The Morgan fingerprint density at radius 3 is 2.65 bits per heavy atom. The zero-order valence-corrected chi connectivity index (χ0v) is 17.9. The number of nitrogens with zero attached hydrogens (tertiary/aromatic N) is 3. The molecule has 1 amide bonds. The maximum atomic E-state index is 12.9.